The summed E-state index contributed by atoms with van der Waals surface area (Å²) >= 11 is 0. The van der Waals surface area contributed by atoms with Crippen molar-refractivity contribution in [3.05, 3.63) is 35.9 Å². The molecule has 0 aliphatic carbocycles. The summed E-state index contributed by atoms with van der Waals surface area (Å²) in [4.78, 5) is 24.3. The van der Waals surface area contributed by atoms with Gasteiger partial charge in [-0.05, 0) is 24.8 Å². The molecule has 2 N–H and O–H groups in total. The zero-order chi connectivity index (χ0) is 17.2. The van der Waals surface area contributed by atoms with Crippen LogP contribution < -0.4 is 10.6 Å². The van der Waals surface area contributed by atoms with Gasteiger partial charge in [0.05, 0.1) is 0 Å². The minimum Gasteiger partial charge on any atom is -0.445 e. The van der Waals surface area contributed by atoms with Crippen LogP contribution in [0.2, 0.25) is 0 Å². The van der Waals surface area contributed by atoms with Crippen molar-refractivity contribution in [2.24, 2.45) is 5.92 Å². The summed E-state index contributed by atoms with van der Waals surface area (Å²) in [7, 11) is 0. The number of rotatable bonds is 8. The van der Waals surface area contributed by atoms with Gasteiger partial charge in [0, 0.05) is 6.04 Å². The standard InChI is InChI=1S/C18H28N2O3/c1-5-13(3)16(17(21)19-14(4)6-2)20-18(22)23-12-15-10-8-7-9-11-15/h7-11,13-14,16H,5-6,12H2,1-4H3,(H,19,21)(H,20,22)/t13-,14-,16-/m0/s1. The molecule has 0 aliphatic heterocycles. The fraction of sp³-hybridized carbons (Fsp3) is 0.556. The van der Waals surface area contributed by atoms with Crippen LogP contribution in [0, 0.1) is 5.92 Å². The van der Waals surface area contributed by atoms with Gasteiger partial charge in [0.2, 0.25) is 5.91 Å². The second kappa shape index (κ2) is 9.87. The highest BCUT2D eigenvalue weighted by Gasteiger charge is 2.27. The van der Waals surface area contributed by atoms with E-state index in [2.05, 4.69) is 10.6 Å². The Balaban J connectivity index is 2.58. The number of ether oxygens (including phenoxy) is 1. The van der Waals surface area contributed by atoms with Crippen LogP contribution in [0.3, 0.4) is 0 Å². The normalized spacial score (nSPS) is 14.4. The Hall–Kier alpha value is -2.04. The van der Waals surface area contributed by atoms with Crippen molar-refractivity contribution < 1.29 is 14.3 Å². The highest BCUT2D eigenvalue weighted by atomic mass is 16.5. The molecular weight excluding hydrogens is 292 g/mol. The van der Waals surface area contributed by atoms with E-state index in [0.29, 0.717) is 0 Å². The Labute approximate surface area is 138 Å². The lowest BCUT2D eigenvalue weighted by atomic mass is 9.98. The van der Waals surface area contributed by atoms with E-state index in [4.69, 9.17) is 4.74 Å². The topological polar surface area (TPSA) is 67.4 Å². The Morgan fingerprint density at radius 2 is 1.70 bits per heavy atom. The maximum atomic E-state index is 12.3. The second-order valence-electron chi connectivity index (χ2n) is 5.89. The Morgan fingerprint density at radius 1 is 1.04 bits per heavy atom. The third-order valence-electron chi connectivity index (χ3n) is 3.98. The van der Waals surface area contributed by atoms with Gasteiger partial charge in [0.15, 0.2) is 0 Å². The summed E-state index contributed by atoms with van der Waals surface area (Å²) in [5, 5.41) is 5.61. The summed E-state index contributed by atoms with van der Waals surface area (Å²) in [5.41, 5.74) is 0.909. The molecule has 1 rings (SSSR count). The minimum absolute atomic E-state index is 0.0309. The van der Waals surface area contributed by atoms with E-state index in [0.717, 1.165) is 18.4 Å². The smallest absolute Gasteiger partial charge is 0.408 e. The molecule has 0 saturated heterocycles. The van der Waals surface area contributed by atoms with Gasteiger partial charge in [-0.25, -0.2) is 4.79 Å². The molecule has 5 nitrogen and oxygen atoms in total. The first kappa shape index (κ1) is 19.0. The van der Waals surface area contributed by atoms with Crippen LogP contribution in [-0.2, 0) is 16.1 Å². The van der Waals surface area contributed by atoms with E-state index in [1.165, 1.54) is 0 Å². The van der Waals surface area contributed by atoms with Crippen LogP contribution in [0.4, 0.5) is 4.79 Å². The fourth-order valence-electron chi connectivity index (χ4n) is 2.03. The zero-order valence-electron chi connectivity index (χ0n) is 14.5. The van der Waals surface area contributed by atoms with E-state index < -0.39 is 12.1 Å². The molecule has 5 heteroatoms. The maximum Gasteiger partial charge on any atom is 0.408 e. The van der Waals surface area contributed by atoms with Crippen molar-refractivity contribution in [1.82, 2.24) is 10.6 Å². The molecule has 0 fully saturated rings. The maximum absolute atomic E-state index is 12.3. The number of hydrogen-bond acceptors (Lipinski definition) is 3. The van der Waals surface area contributed by atoms with E-state index in [1.54, 1.807) is 0 Å². The molecule has 1 aromatic rings. The fourth-order valence-corrected chi connectivity index (χ4v) is 2.03. The summed E-state index contributed by atoms with van der Waals surface area (Å²) in [6.45, 7) is 8.07. The lowest BCUT2D eigenvalue weighted by molar-refractivity contribution is -0.124. The lowest BCUT2D eigenvalue weighted by Crippen LogP contribution is -2.52. The monoisotopic (exact) mass is 320 g/mol. The van der Waals surface area contributed by atoms with Gasteiger partial charge in [-0.1, -0.05) is 57.5 Å². The van der Waals surface area contributed by atoms with Crippen LogP contribution >= 0.6 is 0 Å². The van der Waals surface area contributed by atoms with Crippen molar-refractivity contribution in [2.75, 3.05) is 0 Å². The Morgan fingerprint density at radius 3 is 2.26 bits per heavy atom. The van der Waals surface area contributed by atoms with Gasteiger partial charge in [-0.3, -0.25) is 4.79 Å². The first-order valence-corrected chi connectivity index (χ1v) is 8.25. The van der Waals surface area contributed by atoms with Gasteiger partial charge in [0.25, 0.3) is 0 Å². The number of alkyl carbamates (subject to hydrolysis) is 1. The molecule has 0 aromatic heterocycles. The number of benzene rings is 1. The summed E-state index contributed by atoms with van der Waals surface area (Å²) < 4.78 is 5.20. The number of carbonyl (C=O) groups excluding carboxylic acids is 2. The van der Waals surface area contributed by atoms with Crippen LogP contribution in [0.5, 0.6) is 0 Å². The predicted molar refractivity (Wildman–Crippen MR) is 90.9 cm³/mol. The summed E-state index contributed by atoms with van der Waals surface area (Å²) in [6, 6.07) is 8.94. The van der Waals surface area contributed by atoms with Gasteiger partial charge in [-0.2, -0.15) is 0 Å². The molecule has 23 heavy (non-hydrogen) atoms. The van der Waals surface area contributed by atoms with Crippen LogP contribution in [0.25, 0.3) is 0 Å². The van der Waals surface area contributed by atoms with E-state index in [9.17, 15) is 9.59 Å². The van der Waals surface area contributed by atoms with Crippen LogP contribution in [0.15, 0.2) is 30.3 Å². The van der Waals surface area contributed by atoms with Crippen molar-refractivity contribution >= 4 is 12.0 Å². The van der Waals surface area contributed by atoms with Gasteiger partial charge >= 0.3 is 6.09 Å². The average Bonchev–Trinajstić information content (AvgIpc) is 2.57. The first-order chi connectivity index (χ1) is 11.0. The summed E-state index contributed by atoms with van der Waals surface area (Å²) in [6.07, 6.45) is 1.06. The van der Waals surface area contributed by atoms with E-state index in [-0.39, 0.29) is 24.5 Å². The number of nitrogens with one attached hydrogen (secondary N) is 2. The van der Waals surface area contributed by atoms with Gasteiger partial charge in [0.1, 0.15) is 12.6 Å². The van der Waals surface area contributed by atoms with Crippen LogP contribution in [-0.4, -0.2) is 24.1 Å². The summed E-state index contributed by atoms with van der Waals surface area (Å²) in [5.74, 6) is -0.131. The number of hydrogen-bond donors (Lipinski definition) is 2. The van der Waals surface area contributed by atoms with Crippen molar-refractivity contribution in [3.8, 4) is 0 Å². The minimum atomic E-state index is -0.586. The zero-order valence-corrected chi connectivity index (χ0v) is 14.5. The van der Waals surface area contributed by atoms with Gasteiger partial charge in [-0.15, -0.1) is 0 Å². The van der Waals surface area contributed by atoms with Crippen molar-refractivity contribution in [2.45, 2.75) is 59.2 Å². The van der Waals surface area contributed by atoms with E-state index >= 15 is 0 Å². The molecule has 0 unspecified atom stereocenters. The average molecular weight is 320 g/mol. The molecule has 0 bridgehead atoms. The lowest BCUT2D eigenvalue weighted by Gasteiger charge is -2.24. The number of amides is 2. The SMILES string of the molecule is CC[C@H](C)NC(=O)[C@@H](NC(=O)OCc1ccccc1)[C@@H](C)CC. The highest BCUT2D eigenvalue weighted by Crippen LogP contribution is 2.09. The molecule has 0 spiro atoms. The van der Waals surface area contributed by atoms with Crippen LogP contribution in [0.1, 0.15) is 46.1 Å². The molecule has 0 radical (unpaired) electrons. The highest BCUT2D eigenvalue weighted by molar-refractivity contribution is 5.86. The van der Waals surface area contributed by atoms with Gasteiger partial charge < -0.3 is 15.4 Å². The molecular formula is C18H28N2O3. The number of carbonyl (C=O) groups is 2. The Bertz CT molecular complexity index is 490. The molecule has 3 atom stereocenters. The molecule has 0 saturated carbocycles. The third kappa shape index (κ3) is 6.72. The third-order valence-corrected chi connectivity index (χ3v) is 3.98. The van der Waals surface area contributed by atoms with E-state index in [1.807, 2.05) is 58.0 Å². The molecule has 128 valence electrons. The molecule has 0 heterocycles. The molecule has 2 amide bonds. The second-order valence-corrected chi connectivity index (χ2v) is 5.89. The Kier molecular flexibility index (Phi) is 8.16. The molecule has 0 aliphatic rings. The van der Waals surface area contributed by atoms with Crippen molar-refractivity contribution in [3.63, 3.8) is 0 Å². The quantitative estimate of drug-likeness (QED) is 0.772. The van der Waals surface area contributed by atoms with Crippen molar-refractivity contribution in [1.29, 1.82) is 0 Å². The largest absolute Gasteiger partial charge is 0.445 e. The first-order valence-electron chi connectivity index (χ1n) is 8.25. The predicted octanol–water partition coefficient (Wildman–Crippen LogP) is 3.24. The molecule has 1 aromatic carbocycles.